The Balaban J connectivity index is 4.62. The van der Waals surface area contributed by atoms with E-state index in [2.05, 4.69) is 0 Å². The maximum Gasteiger partial charge on any atom is 0.138 e. The van der Waals surface area contributed by atoms with Crippen LogP contribution < -0.4 is 0 Å². The van der Waals surface area contributed by atoms with Gasteiger partial charge in [0.1, 0.15) is 11.6 Å². The van der Waals surface area contributed by atoms with E-state index in [9.17, 15) is 9.59 Å². The third-order valence-corrected chi connectivity index (χ3v) is 2.95. The van der Waals surface area contributed by atoms with Gasteiger partial charge in [-0.25, -0.2) is 0 Å². The number of ketones is 2. The van der Waals surface area contributed by atoms with E-state index in [1.54, 1.807) is 0 Å². The van der Waals surface area contributed by atoms with Crippen LogP contribution in [0.5, 0.6) is 0 Å². The molecule has 0 saturated carbocycles. The van der Waals surface area contributed by atoms with Crippen molar-refractivity contribution in [2.45, 2.75) is 68.2 Å². The molecule has 0 aromatic rings. The zero-order valence-electron chi connectivity index (χ0n) is 12.7. The van der Waals surface area contributed by atoms with Crippen LogP contribution in [0.25, 0.3) is 0 Å². The van der Waals surface area contributed by atoms with Gasteiger partial charge in [0.2, 0.25) is 0 Å². The minimum Gasteiger partial charge on any atom is -0.299 e. The van der Waals surface area contributed by atoms with Crippen LogP contribution in [0.15, 0.2) is 0 Å². The summed E-state index contributed by atoms with van der Waals surface area (Å²) in [5, 5.41) is 0. The van der Waals surface area contributed by atoms with Gasteiger partial charge in [0.15, 0.2) is 0 Å². The molecule has 100 valence electrons. The lowest BCUT2D eigenvalue weighted by Gasteiger charge is -2.29. The SMILES string of the molecule is CC(C)(CC(=O)C(C)(C)C)CC(=O)C(C)(C)C. The van der Waals surface area contributed by atoms with Crippen LogP contribution in [-0.2, 0) is 9.59 Å². The van der Waals surface area contributed by atoms with Gasteiger partial charge in [-0.15, -0.1) is 0 Å². The zero-order chi connectivity index (χ0) is 14.1. The predicted octanol–water partition coefficient (Wildman–Crippen LogP) is 4.02. The fourth-order valence-electron chi connectivity index (χ4n) is 1.46. The first kappa shape index (κ1) is 16.3. The van der Waals surface area contributed by atoms with Crippen molar-refractivity contribution in [2.75, 3.05) is 0 Å². The van der Waals surface area contributed by atoms with Gasteiger partial charge in [-0.3, -0.25) is 9.59 Å². The molecular weight excluding hydrogens is 212 g/mol. The lowest BCUT2D eigenvalue weighted by Crippen LogP contribution is -2.31. The van der Waals surface area contributed by atoms with E-state index in [0.29, 0.717) is 12.8 Å². The van der Waals surface area contributed by atoms with Gasteiger partial charge in [-0.1, -0.05) is 55.4 Å². The standard InChI is InChI=1S/C15H28O2/c1-13(2,3)11(16)9-15(7,8)10-12(17)14(4,5)6/h9-10H2,1-8H3. The Morgan fingerprint density at radius 3 is 1.06 bits per heavy atom. The van der Waals surface area contributed by atoms with Gasteiger partial charge in [-0.05, 0) is 5.41 Å². The fourth-order valence-corrected chi connectivity index (χ4v) is 1.46. The summed E-state index contributed by atoms with van der Waals surface area (Å²) in [6.07, 6.45) is 0.941. The van der Waals surface area contributed by atoms with Crippen LogP contribution >= 0.6 is 0 Å². The molecule has 0 atom stereocenters. The van der Waals surface area contributed by atoms with E-state index < -0.39 is 0 Å². The van der Waals surface area contributed by atoms with Crippen molar-refractivity contribution >= 4 is 11.6 Å². The first-order chi connectivity index (χ1) is 7.26. The molecule has 0 saturated heterocycles. The van der Waals surface area contributed by atoms with Gasteiger partial charge >= 0.3 is 0 Å². The average molecular weight is 240 g/mol. The number of carbonyl (C=O) groups is 2. The molecular formula is C15H28O2. The average Bonchev–Trinajstić information content (AvgIpc) is 1.97. The summed E-state index contributed by atoms with van der Waals surface area (Å²) in [7, 11) is 0. The van der Waals surface area contributed by atoms with E-state index in [0.717, 1.165) is 0 Å². The molecule has 0 fully saturated rings. The molecule has 0 unspecified atom stereocenters. The van der Waals surface area contributed by atoms with Gasteiger partial charge in [0, 0.05) is 23.7 Å². The van der Waals surface area contributed by atoms with Crippen molar-refractivity contribution in [1.82, 2.24) is 0 Å². The van der Waals surface area contributed by atoms with Gasteiger partial charge in [0.25, 0.3) is 0 Å². The second-order valence-corrected chi connectivity index (χ2v) is 7.86. The molecule has 17 heavy (non-hydrogen) atoms. The van der Waals surface area contributed by atoms with Crippen LogP contribution in [0.1, 0.15) is 68.2 Å². The Kier molecular flexibility index (Phi) is 4.72. The predicted molar refractivity (Wildman–Crippen MR) is 71.9 cm³/mol. The molecule has 0 rings (SSSR count). The Bertz CT molecular complexity index is 268. The van der Waals surface area contributed by atoms with Crippen molar-refractivity contribution in [3.63, 3.8) is 0 Å². The number of rotatable bonds is 4. The number of hydrogen-bond donors (Lipinski definition) is 0. The Morgan fingerprint density at radius 2 is 0.882 bits per heavy atom. The minimum atomic E-state index is -0.317. The van der Waals surface area contributed by atoms with Crippen molar-refractivity contribution in [3.05, 3.63) is 0 Å². The minimum absolute atomic E-state index is 0.226. The zero-order valence-corrected chi connectivity index (χ0v) is 12.7. The molecule has 0 aromatic heterocycles. The maximum absolute atomic E-state index is 12.0. The van der Waals surface area contributed by atoms with E-state index in [-0.39, 0.29) is 27.8 Å². The van der Waals surface area contributed by atoms with Crippen LogP contribution in [0.2, 0.25) is 0 Å². The largest absolute Gasteiger partial charge is 0.299 e. The summed E-state index contributed by atoms with van der Waals surface area (Å²) in [5.74, 6) is 0.452. The molecule has 0 spiro atoms. The summed E-state index contributed by atoms with van der Waals surface area (Å²) in [6.45, 7) is 15.6. The first-order valence-electron chi connectivity index (χ1n) is 6.32. The third-order valence-electron chi connectivity index (χ3n) is 2.95. The normalized spacial score (nSPS) is 13.6. The van der Waals surface area contributed by atoms with Crippen molar-refractivity contribution < 1.29 is 9.59 Å². The van der Waals surface area contributed by atoms with Crippen molar-refractivity contribution in [3.8, 4) is 0 Å². The van der Waals surface area contributed by atoms with Crippen molar-refractivity contribution in [2.24, 2.45) is 16.2 Å². The molecule has 0 aliphatic heterocycles. The summed E-state index contributed by atoms with van der Waals surface area (Å²) in [4.78, 5) is 24.0. The lowest BCUT2D eigenvalue weighted by atomic mass is 9.73. The second kappa shape index (κ2) is 4.91. The number of Topliss-reactive ketones (excluding diaryl/α,β-unsaturated/α-hetero) is 2. The summed E-state index contributed by atoms with van der Waals surface area (Å²) in [6, 6.07) is 0. The summed E-state index contributed by atoms with van der Waals surface area (Å²) < 4.78 is 0. The highest BCUT2D eigenvalue weighted by molar-refractivity contribution is 5.87. The molecule has 0 heterocycles. The van der Waals surface area contributed by atoms with Gasteiger partial charge in [-0.2, -0.15) is 0 Å². The molecule has 0 bridgehead atoms. The van der Waals surface area contributed by atoms with Gasteiger partial charge < -0.3 is 0 Å². The smallest absolute Gasteiger partial charge is 0.138 e. The fraction of sp³-hybridized carbons (Fsp3) is 0.867. The van der Waals surface area contributed by atoms with Crippen LogP contribution in [-0.4, -0.2) is 11.6 Å². The molecule has 0 aliphatic carbocycles. The monoisotopic (exact) mass is 240 g/mol. The van der Waals surface area contributed by atoms with Crippen LogP contribution in [0.3, 0.4) is 0 Å². The highest BCUT2D eigenvalue weighted by Crippen LogP contribution is 2.33. The van der Waals surface area contributed by atoms with E-state index in [1.165, 1.54) is 0 Å². The molecule has 0 aromatic carbocycles. The molecule has 2 nitrogen and oxygen atoms in total. The Labute approximate surface area is 106 Å². The first-order valence-corrected chi connectivity index (χ1v) is 6.32. The van der Waals surface area contributed by atoms with E-state index in [1.807, 2.05) is 55.4 Å². The molecule has 0 amide bonds. The highest BCUT2D eigenvalue weighted by Gasteiger charge is 2.33. The Morgan fingerprint density at radius 1 is 0.647 bits per heavy atom. The number of hydrogen-bond acceptors (Lipinski definition) is 2. The van der Waals surface area contributed by atoms with Crippen LogP contribution in [0, 0.1) is 16.2 Å². The maximum atomic E-state index is 12.0. The molecule has 0 aliphatic rings. The third kappa shape index (κ3) is 5.99. The second-order valence-electron chi connectivity index (χ2n) is 7.86. The van der Waals surface area contributed by atoms with Gasteiger partial charge in [0.05, 0.1) is 0 Å². The molecule has 0 N–H and O–H groups in total. The summed E-state index contributed by atoms with van der Waals surface area (Å²) in [5.41, 5.74) is -0.876. The Hall–Kier alpha value is -0.660. The van der Waals surface area contributed by atoms with E-state index in [4.69, 9.17) is 0 Å². The van der Waals surface area contributed by atoms with Crippen molar-refractivity contribution in [1.29, 1.82) is 0 Å². The van der Waals surface area contributed by atoms with Crippen LogP contribution in [0.4, 0.5) is 0 Å². The molecule has 0 radical (unpaired) electrons. The topological polar surface area (TPSA) is 34.1 Å². The molecule has 2 heteroatoms. The lowest BCUT2D eigenvalue weighted by molar-refractivity contribution is -0.131. The number of carbonyl (C=O) groups excluding carboxylic acids is 2. The van der Waals surface area contributed by atoms with E-state index >= 15 is 0 Å². The quantitative estimate of drug-likeness (QED) is 0.743. The summed E-state index contributed by atoms with van der Waals surface area (Å²) >= 11 is 0. The highest BCUT2D eigenvalue weighted by atomic mass is 16.1.